The minimum atomic E-state index is -0.102. The lowest BCUT2D eigenvalue weighted by molar-refractivity contribution is -0.138. The van der Waals surface area contributed by atoms with Crippen LogP contribution in [0.25, 0.3) is 0 Å². The maximum Gasteiger partial charge on any atom is 0.229 e. The van der Waals surface area contributed by atoms with Gasteiger partial charge in [-0.15, -0.1) is 0 Å². The molecule has 0 aliphatic carbocycles. The Labute approximate surface area is 144 Å². The second kappa shape index (κ2) is 7.06. The van der Waals surface area contributed by atoms with Crippen LogP contribution in [0.4, 0.5) is 0 Å². The van der Waals surface area contributed by atoms with E-state index in [-0.39, 0.29) is 17.4 Å². The van der Waals surface area contributed by atoms with Crippen LogP contribution >= 0.6 is 0 Å². The van der Waals surface area contributed by atoms with Gasteiger partial charge >= 0.3 is 0 Å². The van der Waals surface area contributed by atoms with E-state index in [1.807, 2.05) is 6.07 Å². The summed E-state index contributed by atoms with van der Waals surface area (Å²) in [6, 6.07) is 10.5. The van der Waals surface area contributed by atoms with Crippen LogP contribution in [0.5, 0.6) is 0 Å². The number of carbonyl (C=O) groups is 2. The molecule has 0 unspecified atom stereocenters. The second-order valence-corrected chi connectivity index (χ2v) is 7.61. The van der Waals surface area contributed by atoms with Gasteiger partial charge in [-0.05, 0) is 50.5 Å². The van der Waals surface area contributed by atoms with Crippen molar-refractivity contribution in [2.24, 2.45) is 5.92 Å². The van der Waals surface area contributed by atoms with E-state index < -0.39 is 0 Å². The maximum absolute atomic E-state index is 11.9. The molecule has 3 rings (SSSR count). The van der Waals surface area contributed by atoms with Crippen molar-refractivity contribution < 1.29 is 14.3 Å². The molecule has 1 aromatic carbocycles. The molecule has 0 spiro atoms. The lowest BCUT2D eigenvalue weighted by Crippen LogP contribution is -2.37. The molecule has 4 nitrogen and oxygen atoms in total. The minimum absolute atomic E-state index is 0.0147. The summed E-state index contributed by atoms with van der Waals surface area (Å²) in [7, 11) is 0. The van der Waals surface area contributed by atoms with E-state index in [1.165, 1.54) is 10.5 Å². The number of imide groups is 1. The van der Waals surface area contributed by atoms with Crippen LogP contribution in [0.1, 0.15) is 57.4 Å². The molecule has 0 radical (unpaired) electrons. The Morgan fingerprint density at radius 3 is 2.46 bits per heavy atom. The van der Waals surface area contributed by atoms with E-state index in [0.29, 0.717) is 31.2 Å². The summed E-state index contributed by atoms with van der Waals surface area (Å²) in [6.45, 7) is 5.61. The van der Waals surface area contributed by atoms with Crippen molar-refractivity contribution in [3.05, 3.63) is 35.9 Å². The highest BCUT2D eigenvalue weighted by atomic mass is 16.5. The number of benzene rings is 1. The van der Waals surface area contributed by atoms with Crippen molar-refractivity contribution in [3.8, 4) is 0 Å². The summed E-state index contributed by atoms with van der Waals surface area (Å²) in [4.78, 5) is 25.3. The second-order valence-electron chi connectivity index (χ2n) is 7.61. The maximum atomic E-state index is 11.9. The normalized spacial score (nSPS) is 25.1. The predicted octanol–water partition coefficient (Wildman–Crippen LogP) is 3.51. The van der Waals surface area contributed by atoms with E-state index in [4.69, 9.17) is 4.74 Å². The van der Waals surface area contributed by atoms with Crippen molar-refractivity contribution in [2.75, 3.05) is 13.2 Å². The molecule has 2 atom stereocenters. The molecule has 2 saturated heterocycles. The molecule has 0 N–H and O–H groups in total. The summed E-state index contributed by atoms with van der Waals surface area (Å²) in [5, 5.41) is 0. The van der Waals surface area contributed by atoms with Crippen molar-refractivity contribution in [3.63, 3.8) is 0 Å². The summed E-state index contributed by atoms with van der Waals surface area (Å²) >= 11 is 0. The fourth-order valence-corrected chi connectivity index (χ4v) is 4.14. The Bertz CT molecular complexity index is 580. The third kappa shape index (κ3) is 3.86. The van der Waals surface area contributed by atoms with Gasteiger partial charge in [0.05, 0.1) is 5.60 Å². The molecule has 1 aromatic rings. The van der Waals surface area contributed by atoms with Crippen LogP contribution in [0.2, 0.25) is 0 Å². The molecule has 130 valence electrons. The van der Waals surface area contributed by atoms with Gasteiger partial charge in [0.2, 0.25) is 11.8 Å². The van der Waals surface area contributed by atoms with Crippen LogP contribution in [-0.4, -0.2) is 35.5 Å². The van der Waals surface area contributed by atoms with E-state index in [2.05, 4.69) is 38.1 Å². The highest BCUT2D eigenvalue weighted by Gasteiger charge is 2.35. The van der Waals surface area contributed by atoms with Crippen LogP contribution in [-0.2, 0) is 14.3 Å². The van der Waals surface area contributed by atoms with Gasteiger partial charge in [-0.2, -0.15) is 0 Å². The zero-order chi connectivity index (χ0) is 17.2. The first-order valence-electron chi connectivity index (χ1n) is 8.98. The number of hydrogen-bond donors (Lipinski definition) is 0. The molecule has 0 aromatic heterocycles. The highest BCUT2D eigenvalue weighted by Crippen LogP contribution is 2.40. The third-order valence-electron chi connectivity index (χ3n) is 5.35. The van der Waals surface area contributed by atoms with Crippen molar-refractivity contribution in [1.29, 1.82) is 0 Å². The predicted molar refractivity (Wildman–Crippen MR) is 92.5 cm³/mol. The highest BCUT2D eigenvalue weighted by molar-refractivity contribution is 6.01. The lowest BCUT2D eigenvalue weighted by Gasteiger charge is -2.39. The fourth-order valence-electron chi connectivity index (χ4n) is 4.14. The zero-order valence-corrected chi connectivity index (χ0v) is 14.7. The topological polar surface area (TPSA) is 46.6 Å². The summed E-state index contributed by atoms with van der Waals surface area (Å²) in [6.07, 6.45) is 3.62. The standard InChI is InChI=1S/C20H27NO3/c1-20(2)14-16(11-13-24-20)17(15-6-4-3-5-7-15)10-12-21-18(22)8-9-19(21)23/h3-7,16-17H,8-14H2,1-2H3/t16-,17-/m0/s1. The van der Waals surface area contributed by atoms with Crippen molar-refractivity contribution in [2.45, 2.75) is 57.5 Å². The summed E-state index contributed by atoms with van der Waals surface area (Å²) < 4.78 is 5.87. The lowest BCUT2D eigenvalue weighted by atomic mass is 9.75. The van der Waals surface area contributed by atoms with E-state index in [0.717, 1.165) is 25.9 Å². The van der Waals surface area contributed by atoms with E-state index >= 15 is 0 Å². The third-order valence-corrected chi connectivity index (χ3v) is 5.35. The van der Waals surface area contributed by atoms with E-state index in [1.54, 1.807) is 0 Å². The monoisotopic (exact) mass is 329 g/mol. The Balaban J connectivity index is 1.75. The first-order chi connectivity index (χ1) is 11.5. The average Bonchev–Trinajstić information content (AvgIpc) is 2.87. The molecule has 2 fully saturated rings. The Morgan fingerprint density at radius 1 is 1.17 bits per heavy atom. The van der Waals surface area contributed by atoms with E-state index in [9.17, 15) is 9.59 Å². The van der Waals surface area contributed by atoms with Gasteiger partial charge in [-0.25, -0.2) is 0 Å². The van der Waals surface area contributed by atoms with Gasteiger partial charge in [-0.1, -0.05) is 30.3 Å². The fraction of sp³-hybridized carbons (Fsp3) is 0.600. The number of hydrogen-bond acceptors (Lipinski definition) is 3. The number of ether oxygens (including phenoxy) is 1. The van der Waals surface area contributed by atoms with Crippen LogP contribution < -0.4 is 0 Å². The Morgan fingerprint density at radius 2 is 1.83 bits per heavy atom. The molecule has 2 heterocycles. The van der Waals surface area contributed by atoms with Gasteiger partial charge in [0.25, 0.3) is 0 Å². The molecule has 0 bridgehead atoms. The van der Waals surface area contributed by atoms with Gasteiger partial charge in [-0.3, -0.25) is 14.5 Å². The summed E-state index contributed by atoms with van der Waals surface area (Å²) in [5.41, 5.74) is 1.20. The number of amides is 2. The number of carbonyl (C=O) groups excluding carboxylic acids is 2. The first-order valence-corrected chi connectivity index (χ1v) is 8.98. The zero-order valence-electron chi connectivity index (χ0n) is 14.7. The molecule has 24 heavy (non-hydrogen) atoms. The number of likely N-dealkylation sites (tertiary alicyclic amines) is 1. The Kier molecular flexibility index (Phi) is 5.04. The first kappa shape index (κ1) is 17.2. The van der Waals surface area contributed by atoms with Crippen LogP contribution in [0.15, 0.2) is 30.3 Å². The molecular formula is C20H27NO3. The van der Waals surface area contributed by atoms with Gasteiger partial charge in [0.1, 0.15) is 0 Å². The van der Waals surface area contributed by atoms with Gasteiger partial charge in [0.15, 0.2) is 0 Å². The molecule has 0 saturated carbocycles. The van der Waals surface area contributed by atoms with Crippen molar-refractivity contribution >= 4 is 11.8 Å². The van der Waals surface area contributed by atoms with Gasteiger partial charge in [0, 0.05) is 26.0 Å². The molecular weight excluding hydrogens is 302 g/mol. The minimum Gasteiger partial charge on any atom is -0.376 e. The summed E-state index contributed by atoms with van der Waals surface area (Å²) in [5.74, 6) is 0.845. The molecule has 2 aliphatic heterocycles. The van der Waals surface area contributed by atoms with Gasteiger partial charge < -0.3 is 4.74 Å². The average molecular weight is 329 g/mol. The quantitative estimate of drug-likeness (QED) is 0.777. The molecule has 4 heteroatoms. The Hall–Kier alpha value is -1.68. The number of nitrogens with zero attached hydrogens (tertiary/aromatic N) is 1. The van der Waals surface area contributed by atoms with Crippen LogP contribution in [0, 0.1) is 5.92 Å². The molecule has 2 amide bonds. The smallest absolute Gasteiger partial charge is 0.229 e. The SMILES string of the molecule is CC1(C)C[C@@H]([C@@H](CCN2C(=O)CCC2=O)c2ccccc2)CCO1. The largest absolute Gasteiger partial charge is 0.376 e. The number of rotatable bonds is 5. The molecule has 2 aliphatic rings. The van der Waals surface area contributed by atoms with Crippen molar-refractivity contribution in [1.82, 2.24) is 4.90 Å². The van der Waals surface area contributed by atoms with Crippen LogP contribution in [0.3, 0.4) is 0 Å².